The Bertz CT molecular complexity index is 246. The summed E-state index contributed by atoms with van der Waals surface area (Å²) < 4.78 is 0. The van der Waals surface area contributed by atoms with Crippen LogP contribution in [0.2, 0.25) is 0 Å². The molecule has 5 heteroatoms. The van der Waals surface area contributed by atoms with E-state index in [0.717, 1.165) is 32.1 Å². The van der Waals surface area contributed by atoms with Crippen molar-refractivity contribution in [3.8, 4) is 0 Å². The fraction of sp³-hybridized carbons (Fsp3) is 0.917. The van der Waals surface area contributed by atoms with Gasteiger partial charge < -0.3 is 15.5 Å². The van der Waals surface area contributed by atoms with Crippen LogP contribution in [-0.4, -0.2) is 50.1 Å². The van der Waals surface area contributed by atoms with Gasteiger partial charge in [-0.1, -0.05) is 6.92 Å². The molecular formula is C12H24ClN3O. The zero-order valence-corrected chi connectivity index (χ0v) is 11.4. The average molecular weight is 262 g/mol. The molecule has 1 atom stereocenters. The van der Waals surface area contributed by atoms with Gasteiger partial charge in [-0.15, -0.1) is 12.4 Å². The fourth-order valence-electron chi connectivity index (χ4n) is 2.45. The maximum atomic E-state index is 11.6. The zero-order chi connectivity index (χ0) is 11.4. The second kappa shape index (κ2) is 7.19. The van der Waals surface area contributed by atoms with Crippen LogP contribution in [0.4, 0.5) is 0 Å². The summed E-state index contributed by atoms with van der Waals surface area (Å²) in [6.07, 6.45) is 2.66. The molecule has 0 spiro atoms. The van der Waals surface area contributed by atoms with Crippen LogP contribution in [0.1, 0.15) is 19.8 Å². The summed E-state index contributed by atoms with van der Waals surface area (Å²) in [5.41, 5.74) is 0. The summed E-state index contributed by atoms with van der Waals surface area (Å²) in [4.78, 5) is 14.0. The van der Waals surface area contributed by atoms with Crippen LogP contribution in [0.25, 0.3) is 0 Å². The lowest BCUT2D eigenvalue weighted by Crippen LogP contribution is -2.51. The lowest BCUT2D eigenvalue weighted by atomic mass is 10.0. The van der Waals surface area contributed by atoms with E-state index >= 15 is 0 Å². The molecule has 2 saturated heterocycles. The molecule has 0 saturated carbocycles. The number of rotatable bonds is 4. The maximum Gasteiger partial charge on any atom is 0.225 e. The molecule has 1 unspecified atom stereocenters. The topological polar surface area (TPSA) is 44.4 Å². The van der Waals surface area contributed by atoms with Crippen molar-refractivity contribution in [2.24, 2.45) is 11.8 Å². The SMILES string of the molecule is CC1CCCN(CCNC(=O)C2CNC2)C1.Cl. The van der Waals surface area contributed by atoms with Crippen molar-refractivity contribution in [3.63, 3.8) is 0 Å². The third kappa shape index (κ3) is 4.45. The van der Waals surface area contributed by atoms with E-state index < -0.39 is 0 Å². The molecule has 0 aromatic carbocycles. The third-order valence-electron chi connectivity index (χ3n) is 3.62. The Kier molecular flexibility index (Phi) is 6.23. The van der Waals surface area contributed by atoms with E-state index in [-0.39, 0.29) is 24.2 Å². The van der Waals surface area contributed by atoms with Gasteiger partial charge in [0.05, 0.1) is 5.92 Å². The minimum Gasteiger partial charge on any atom is -0.354 e. The Balaban J connectivity index is 0.00000144. The molecule has 2 fully saturated rings. The van der Waals surface area contributed by atoms with E-state index in [1.165, 1.54) is 25.9 Å². The van der Waals surface area contributed by atoms with E-state index in [9.17, 15) is 4.79 Å². The van der Waals surface area contributed by atoms with E-state index in [0.29, 0.717) is 0 Å². The van der Waals surface area contributed by atoms with Crippen molar-refractivity contribution in [3.05, 3.63) is 0 Å². The van der Waals surface area contributed by atoms with E-state index in [1.807, 2.05) is 0 Å². The van der Waals surface area contributed by atoms with E-state index in [2.05, 4.69) is 22.5 Å². The number of hydrogen-bond donors (Lipinski definition) is 2. The van der Waals surface area contributed by atoms with Crippen LogP contribution in [0, 0.1) is 11.8 Å². The summed E-state index contributed by atoms with van der Waals surface area (Å²) in [5.74, 6) is 1.27. The first-order valence-corrected chi connectivity index (χ1v) is 6.46. The van der Waals surface area contributed by atoms with Crippen molar-refractivity contribution in [2.75, 3.05) is 39.3 Å². The van der Waals surface area contributed by atoms with Crippen molar-refractivity contribution in [2.45, 2.75) is 19.8 Å². The smallest absolute Gasteiger partial charge is 0.225 e. The molecule has 100 valence electrons. The zero-order valence-electron chi connectivity index (χ0n) is 10.6. The highest BCUT2D eigenvalue weighted by molar-refractivity contribution is 5.85. The second-order valence-electron chi connectivity index (χ2n) is 5.19. The van der Waals surface area contributed by atoms with Crippen molar-refractivity contribution < 1.29 is 4.79 Å². The molecule has 2 rings (SSSR count). The lowest BCUT2D eigenvalue weighted by Gasteiger charge is -2.31. The van der Waals surface area contributed by atoms with Gasteiger partial charge in [-0.05, 0) is 25.3 Å². The van der Waals surface area contributed by atoms with Crippen molar-refractivity contribution in [1.82, 2.24) is 15.5 Å². The second-order valence-corrected chi connectivity index (χ2v) is 5.19. The van der Waals surface area contributed by atoms with E-state index in [4.69, 9.17) is 0 Å². The molecule has 0 aromatic rings. The maximum absolute atomic E-state index is 11.6. The first-order chi connectivity index (χ1) is 7.75. The third-order valence-corrected chi connectivity index (χ3v) is 3.62. The minimum absolute atomic E-state index is 0. The highest BCUT2D eigenvalue weighted by Gasteiger charge is 2.24. The normalized spacial score (nSPS) is 25.8. The van der Waals surface area contributed by atoms with Gasteiger partial charge in [-0.2, -0.15) is 0 Å². The highest BCUT2D eigenvalue weighted by Crippen LogP contribution is 2.14. The Hall–Kier alpha value is -0.320. The molecule has 4 nitrogen and oxygen atoms in total. The molecule has 0 radical (unpaired) electrons. The van der Waals surface area contributed by atoms with Gasteiger partial charge in [0.2, 0.25) is 5.91 Å². The number of piperidine rings is 1. The quantitative estimate of drug-likeness (QED) is 0.774. The first kappa shape index (κ1) is 14.7. The molecule has 0 aromatic heterocycles. The highest BCUT2D eigenvalue weighted by atomic mass is 35.5. The van der Waals surface area contributed by atoms with Gasteiger partial charge in [-0.25, -0.2) is 0 Å². The monoisotopic (exact) mass is 261 g/mol. The summed E-state index contributed by atoms with van der Waals surface area (Å²) in [7, 11) is 0. The standard InChI is InChI=1S/C12H23N3O.ClH/c1-10-3-2-5-15(9-10)6-4-14-12(16)11-7-13-8-11;/h10-11,13H,2-9H2,1H3,(H,14,16);1H. The van der Waals surface area contributed by atoms with Crippen LogP contribution >= 0.6 is 12.4 Å². The largest absolute Gasteiger partial charge is 0.354 e. The Morgan fingerprint density at radius 2 is 2.24 bits per heavy atom. The number of nitrogens with zero attached hydrogens (tertiary/aromatic N) is 1. The number of amides is 1. The van der Waals surface area contributed by atoms with Gasteiger partial charge in [0.15, 0.2) is 0 Å². The van der Waals surface area contributed by atoms with Gasteiger partial charge in [-0.3, -0.25) is 4.79 Å². The van der Waals surface area contributed by atoms with Crippen molar-refractivity contribution >= 4 is 18.3 Å². The predicted octanol–water partition coefficient (Wildman–Crippen LogP) is 0.476. The van der Waals surface area contributed by atoms with E-state index in [1.54, 1.807) is 0 Å². The number of carbonyl (C=O) groups is 1. The molecule has 0 aliphatic carbocycles. The van der Waals surface area contributed by atoms with Gasteiger partial charge in [0.25, 0.3) is 0 Å². The van der Waals surface area contributed by atoms with Crippen LogP contribution in [0.3, 0.4) is 0 Å². The Labute approximate surface area is 110 Å². The van der Waals surface area contributed by atoms with Crippen LogP contribution < -0.4 is 10.6 Å². The number of nitrogens with one attached hydrogen (secondary N) is 2. The van der Waals surface area contributed by atoms with Crippen LogP contribution in [0.15, 0.2) is 0 Å². The van der Waals surface area contributed by atoms with Gasteiger partial charge >= 0.3 is 0 Å². The van der Waals surface area contributed by atoms with Gasteiger partial charge in [0, 0.05) is 32.7 Å². The Morgan fingerprint density at radius 1 is 1.47 bits per heavy atom. The Morgan fingerprint density at radius 3 is 2.82 bits per heavy atom. The van der Waals surface area contributed by atoms with Crippen LogP contribution in [0.5, 0.6) is 0 Å². The minimum atomic E-state index is 0. The predicted molar refractivity (Wildman–Crippen MR) is 71.5 cm³/mol. The number of halogens is 1. The molecule has 17 heavy (non-hydrogen) atoms. The summed E-state index contributed by atoms with van der Waals surface area (Å²) in [6, 6.07) is 0. The average Bonchev–Trinajstić information content (AvgIpc) is 2.15. The number of hydrogen-bond acceptors (Lipinski definition) is 3. The van der Waals surface area contributed by atoms with Crippen molar-refractivity contribution in [1.29, 1.82) is 0 Å². The number of likely N-dealkylation sites (tertiary alicyclic amines) is 1. The summed E-state index contributed by atoms with van der Waals surface area (Å²) >= 11 is 0. The number of carbonyl (C=O) groups excluding carboxylic acids is 1. The lowest BCUT2D eigenvalue weighted by molar-refractivity contribution is -0.126. The molecule has 2 heterocycles. The molecule has 2 aliphatic rings. The van der Waals surface area contributed by atoms with Gasteiger partial charge in [0.1, 0.15) is 0 Å². The molecular weight excluding hydrogens is 238 g/mol. The molecule has 1 amide bonds. The molecule has 0 bridgehead atoms. The first-order valence-electron chi connectivity index (χ1n) is 6.46. The molecule has 2 N–H and O–H groups in total. The fourth-order valence-corrected chi connectivity index (χ4v) is 2.45. The van der Waals surface area contributed by atoms with Crippen LogP contribution in [-0.2, 0) is 4.79 Å². The summed E-state index contributed by atoms with van der Waals surface area (Å²) in [6.45, 7) is 8.23. The summed E-state index contributed by atoms with van der Waals surface area (Å²) in [5, 5.41) is 6.14. The molecule has 2 aliphatic heterocycles.